The van der Waals surface area contributed by atoms with Crippen LogP contribution in [0.4, 0.5) is 0 Å². The largest absolute Gasteiger partial charge is 0.480 e. The third-order valence-corrected chi connectivity index (χ3v) is 4.38. The molecular formula is C13H18O2S. The molecule has 0 aliphatic carbocycles. The highest BCUT2D eigenvalue weighted by molar-refractivity contribution is 8.01. The normalized spacial score (nSPS) is 14.5. The Morgan fingerprint density at radius 1 is 1.44 bits per heavy atom. The van der Waals surface area contributed by atoms with E-state index < -0.39 is 10.7 Å². The zero-order valence-electron chi connectivity index (χ0n) is 10.2. The van der Waals surface area contributed by atoms with Crippen LogP contribution in [0.15, 0.2) is 23.1 Å². The first kappa shape index (κ1) is 13.1. The second-order valence-electron chi connectivity index (χ2n) is 4.26. The van der Waals surface area contributed by atoms with Crippen LogP contribution in [-0.2, 0) is 4.79 Å². The second kappa shape index (κ2) is 4.91. The number of thioether (sulfide) groups is 1. The van der Waals surface area contributed by atoms with Crippen LogP contribution in [0, 0.1) is 13.8 Å². The van der Waals surface area contributed by atoms with E-state index in [9.17, 15) is 9.90 Å². The standard InChI is InChI=1S/C13H18O2S/c1-5-13(4,12(14)15)16-11-8-9(2)6-7-10(11)3/h6-8H,5H2,1-4H3,(H,14,15). The average Bonchev–Trinajstić information content (AvgIpc) is 2.23. The van der Waals surface area contributed by atoms with Gasteiger partial charge in [0, 0.05) is 4.90 Å². The van der Waals surface area contributed by atoms with Crippen molar-refractivity contribution in [1.29, 1.82) is 0 Å². The molecule has 0 aliphatic rings. The van der Waals surface area contributed by atoms with E-state index >= 15 is 0 Å². The molecule has 1 aromatic carbocycles. The number of hydrogen-bond acceptors (Lipinski definition) is 2. The Hall–Kier alpha value is -0.960. The van der Waals surface area contributed by atoms with Crippen LogP contribution >= 0.6 is 11.8 Å². The third kappa shape index (κ3) is 2.79. The fraction of sp³-hybridized carbons (Fsp3) is 0.462. The summed E-state index contributed by atoms with van der Waals surface area (Å²) in [5.41, 5.74) is 2.30. The van der Waals surface area contributed by atoms with Crippen LogP contribution < -0.4 is 0 Å². The van der Waals surface area contributed by atoms with Crippen molar-refractivity contribution in [2.45, 2.75) is 43.8 Å². The molecule has 0 saturated heterocycles. The summed E-state index contributed by atoms with van der Waals surface area (Å²) in [6, 6.07) is 6.13. The Kier molecular flexibility index (Phi) is 4.03. The van der Waals surface area contributed by atoms with Crippen molar-refractivity contribution in [1.82, 2.24) is 0 Å². The van der Waals surface area contributed by atoms with Crippen molar-refractivity contribution in [3.63, 3.8) is 0 Å². The van der Waals surface area contributed by atoms with Gasteiger partial charge in [-0.25, -0.2) is 0 Å². The van der Waals surface area contributed by atoms with Gasteiger partial charge in [-0.3, -0.25) is 4.79 Å². The summed E-state index contributed by atoms with van der Waals surface area (Å²) in [4.78, 5) is 12.3. The minimum atomic E-state index is -0.749. The van der Waals surface area contributed by atoms with E-state index in [1.54, 1.807) is 6.92 Å². The Balaban J connectivity index is 3.03. The molecular weight excluding hydrogens is 220 g/mol. The van der Waals surface area contributed by atoms with Crippen molar-refractivity contribution < 1.29 is 9.90 Å². The summed E-state index contributed by atoms with van der Waals surface area (Å²) < 4.78 is -0.738. The number of aryl methyl sites for hydroxylation is 2. The van der Waals surface area contributed by atoms with E-state index in [0.29, 0.717) is 6.42 Å². The van der Waals surface area contributed by atoms with Gasteiger partial charge in [-0.2, -0.15) is 0 Å². The monoisotopic (exact) mass is 238 g/mol. The molecule has 88 valence electrons. The minimum absolute atomic E-state index is 0.611. The molecule has 1 N–H and O–H groups in total. The lowest BCUT2D eigenvalue weighted by Crippen LogP contribution is -2.30. The van der Waals surface area contributed by atoms with E-state index in [1.165, 1.54) is 11.8 Å². The number of carboxylic acids is 1. The zero-order valence-corrected chi connectivity index (χ0v) is 11.0. The number of benzene rings is 1. The zero-order chi connectivity index (χ0) is 12.3. The number of hydrogen-bond donors (Lipinski definition) is 1. The highest BCUT2D eigenvalue weighted by atomic mass is 32.2. The molecule has 3 heteroatoms. The maximum Gasteiger partial charge on any atom is 0.319 e. The summed E-state index contributed by atoms with van der Waals surface area (Å²) in [5, 5.41) is 9.23. The Labute approximate surface area is 101 Å². The molecule has 1 aromatic rings. The molecule has 2 nitrogen and oxygen atoms in total. The van der Waals surface area contributed by atoms with E-state index in [1.807, 2.05) is 32.9 Å². The quantitative estimate of drug-likeness (QED) is 0.814. The van der Waals surface area contributed by atoms with Crippen molar-refractivity contribution in [2.75, 3.05) is 0 Å². The van der Waals surface area contributed by atoms with Crippen LogP contribution in [0.1, 0.15) is 31.4 Å². The maximum atomic E-state index is 11.2. The lowest BCUT2D eigenvalue weighted by Gasteiger charge is -2.23. The topological polar surface area (TPSA) is 37.3 Å². The smallest absolute Gasteiger partial charge is 0.319 e. The van der Waals surface area contributed by atoms with Crippen molar-refractivity contribution >= 4 is 17.7 Å². The average molecular weight is 238 g/mol. The summed E-state index contributed by atoms with van der Waals surface area (Å²) >= 11 is 1.44. The summed E-state index contributed by atoms with van der Waals surface area (Å²) in [7, 11) is 0. The van der Waals surface area contributed by atoms with Crippen LogP contribution in [0.2, 0.25) is 0 Å². The fourth-order valence-corrected chi connectivity index (χ4v) is 2.52. The van der Waals surface area contributed by atoms with Gasteiger partial charge in [0.2, 0.25) is 0 Å². The molecule has 0 saturated carbocycles. The van der Waals surface area contributed by atoms with Crippen LogP contribution in [-0.4, -0.2) is 15.8 Å². The molecule has 0 amide bonds. The molecule has 0 aliphatic heterocycles. The van der Waals surface area contributed by atoms with Crippen molar-refractivity contribution in [2.24, 2.45) is 0 Å². The van der Waals surface area contributed by atoms with E-state index in [0.717, 1.165) is 16.0 Å². The Bertz CT molecular complexity index is 401. The molecule has 16 heavy (non-hydrogen) atoms. The van der Waals surface area contributed by atoms with E-state index in [4.69, 9.17) is 0 Å². The van der Waals surface area contributed by atoms with Gasteiger partial charge in [-0.15, -0.1) is 11.8 Å². The van der Waals surface area contributed by atoms with Gasteiger partial charge in [0.1, 0.15) is 4.75 Å². The lowest BCUT2D eigenvalue weighted by atomic mass is 10.1. The molecule has 0 spiro atoms. The first-order valence-electron chi connectivity index (χ1n) is 5.38. The third-order valence-electron chi connectivity index (χ3n) is 2.81. The summed E-state index contributed by atoms with van der Waals surface area (Å²) in [6.45, 7) is 7.72. The highest BCUT2D eigenvalue weighted by Crippen LogP contribution is 2.37. The number of carboxylic acid groups (broad SMARTS) is 1. The van der Waals surface area contributed by atoms with Gasteiger partial charge in [0.05, 0.1) is 0 Å². The first-order chi connectivity index (χ1) is 7.39. The number of aliphatic carboxylic acids is 1. The Morgan fingerprint density at radius 3 is 2.56 bits per heavy atom. The van der Waals surface area contributed by atoms with E-state index in [-0.39, 0.29) is 0 Å². The highest BCUT2D eigenvalue weighted by Gasteiger charge is 2.32. The first-order valence-corrected chi connectivity index (χ1v) is 6.20. The fourth-order valence-electron chi connectivity index (χ4n) is 1.33. The molecule has 1 atom stereocenters. The van der Waals surface area contributed by atoms with Gasteiger partial charge < -0.3 is 5.11 Å². The van der Waals surface area contributed by atoms with Crippen LogP contribution in [0.5, 0.6) is 0 Å². The van der Waals surface area contributed by atoms with Gasteiger partial charge in [0.25, 0.3) is 0 Å². The summed E-state index contributed by atoms with van der Waals surface area (Å²) in [5.74, 6) is -0.749. The van der Waals surface area contributed by atoms with Gasteiger partial charge in [0.15, 0.2) is 0 Å². The number of carbonyl (C=O) groups is 1. The molecule has 0 aromatic heterocycles. The molecule has 1 rings (SSSR count). The van der Waals surface area contributed by atoms with Crippen LogP contribution in [0.3, 0.4) is 0 Å². The predicted octanol–water partition coefficient (Wildman–Crippen LogP) is 3.65. The van der Waals surface area contributed by atoms with Gasteiger partial charge in [-0.05, 0) is 38.8 Å². The van der Waals surface area contributed by atoms with Gasteiger partial charge >= 0.3 is 5.97 Å². The number of rotatable bonds is 4. The Morgan fingerprint density at radius 2 is 2.06 bits per heavy atom. The lowest BCUT2D eigenvalue weighted by molar-refractivity contribution is -0.139. The SMILES string of the molecule is CCC(C)(Sc1cc(C)ccc1C)C(=O)O. The van der Waals surface area contributed by atoms with Crippen molar-refractivity contribution in [3.8, 4) is 0 Å². The summed E-state index contributed by atoms with van der Waals surface area (Å²) in [6.07, 6.45) is 0.611. The predicted molar refractivity (Wildman–Crippen MR) is 68.1 cm³/mol. The van der Waals surface area contributed by atoms with Gasteiger partial charge in [-0.1, -0.05) is 24.6 Å². The minimum Gasteiger partial charge on any atom is -0.480 e. The van der Waals surface area contributed by atoms with E-state index in [2.05, 4.69) is 6.07 Å². The second-order valence-corrected chi connectivity index (χ2v) is 5.81. The molecule has 0 heterocycles. The molecule has 0 radical (unpaired) electrons. The molecule has 0 fully saturated rings. The van der Waals surface area contributed by atoms with Crippen molar-refractivity contribution in [3.05, 3.63) is 29.3 Å². The van der Waals surface area contributed by atoms with Crippen LogP contribution in [0.25, 0.3) is 0 Å². The molecule has 0 bridgehead atoms. The molecule has 1 unspecified atom stereocenters. The maximum absolute atomic E-state index is 11.2.